The Hall–Kier alpha value is -0.330. The van der Waals surface area contributed by atoms with Crippen LogP contribution in [0.2, 0.25) is 0 Å². The smallest absolute Gasteiger partial charge is 0.0956 e. The highest BCUT2D eigenvalue weighted by Gasteiger charge is 1.99. The first-order valence-corrected chi connectivity index (χ1v) is 2.52. The van der Waals surface area contributed by atoms with Gasteiger partial charge in [-0.25, -0.2) is 4.39 Å². The normalized spacial score (nSPS) is 13.6. The Morgan fingerprint density at radius 1 is 1.86 bits per heavy atom. The summed E-state index contributed by atoms with van der Waals surface area (Å²) in [7, 11) is 0. The summed E-state index contributed by atoms with van der Waals surface area (Å²) in [6.07, 6.45) is 0.843. The summed E-state index contributed by atoms with van der Waals surface area (Å²) < 4.78 is 11.9. The third-order valence-corrected chi connectivity index (χ3v) is 1.15. The minimum atomic E-state index is -0.206. The highest BCUT2D eigenvalue weighted by atomic mass is 19.1. The van der Waals surface area contributed by atoms with E-state index in [0.29, 0.717) is 0 Å². The van der Waals surface area contributed by atoms with E-state index >= 15 is 0 Å². The van der Waals surface area contributed by atoms with Crippen molar-refractivity contribution in [2.45, 2.75) is 20.3 Å². The van der Waals surface area contributed by atoms with Gasteiger partial charge in [-0.15, -0.1) is 0 Å². The van der Waals surface area contributed by atoms with E-state index in [1.54, 1.807) is 0 Å². The van der Waals surface area contributed by atoms with Crippen molar-refractivity contribution in [2.24, 2.45) is 5.92 Å². The van der Waals surface area contributed by atoms with E-state index in [0.717, 1.165) is 6.42 Å². The standard InChI is InChI=1S/C6H11F/c1-4-5(2)6(3)7/h5H,3-4H2,1-2H3. The maximum Gasteiger partial charge on any atom is 0.0956 e. The number of hydrogen-bond acceptors (Lipinski definition) is 0. The second-order valence-corrected chi connectivity index (χ2v) is 1.76. The van der Waals surface area contributed by atoms with Crippen molar-refractivity contribution in [3.8, 4) is 0 Å². The van der Waals surface area contributed by atoms with Gasteiger partial charge >= 0.3 is 0 Å². The molecule has 0 fully saturated rings. The Morgan fingerprint density at radius 3 is 2.29 bits per heavy atom. The molecule has 0 spiro atoms. The van der Waals surface area contributed by atoms with Crippen molar-refractivity contribution in [1.29, 1.82) is 0 Å². The molecule has 0 aliphatic rings. The average Bonchev–Trinajstić information content (AvgIpc) is 1.65. The molecule has 42 valence electrons. The van der Waals surface area contributed by atoms with Gasteiger partial charge < -0.3 is 0 Å². The molecule has 0 aliphatic heterocycles. The molecule has 0 aliphatic carbocycles. The number of halogens is 1. The molecule has 0 heterocycles. The second-order valence-electron chi connectivity index (χ2n) is 1.76. The van der Waals surface area contributed by atoms with Crippen LogP contribution in [0, 0.1) is 5.92 Å². The summed E-state index contributed by atoms with van der Waals surface area (Å²) in [5, 5.41) is 0. The molecule has 0 aromatic heterocycles. The molecule has 0 nitrogen and oxygen atoms in total. The molecule has 1 heteroatoms. The van der Waals surface area contributed by atoms with Gasteiger partial charge in [0.1, 0.15) is 0 Å². The Balaban J connectivity index is 3.34. The van der Waals surface area contributed by atoms with Crippen LogP contribution < -0.4 is 0 Å². The highest BCUT2D eigenvalue weighted by molar-refractivity contribution is 4.84. The van der Waals surface area contributed by atoms with E-state index in [1.807, 2.05) is 13.8 Å². The van der Waals surface area contributed by atoms with E-state index in [1.165, 1.54) is 0 Å². The maximum atomic E-state index is 11.9. The Bertz CT molecular complexity index is 66.6. The Morgan fingerprint density at radius 2 is 2.29 bits per heavy atom. The molecule has 0 rings (SSSR count). The fraction of sp³-hybridized carbons (Fsp3) is 0.667. The van der Waals surface area contributed by atoms with E-state index in [2.05, 4.69) is 6.58 Å². The molecule has 0 saturated carbocycles. The SMILES string of the molecule is C=C(F)C(C)CC. The van der Waals surface area contributed by atoms with Crippen molar-refractivity contribution >= 4 is 0 Å². The molecule has 0 saturated heterocycles. The summed E-state index contributed by atoms with van der Waals surface area (Å²) in [6, 6.07) is 0. The predicted octanol–water partition coefficient (Wildman–Crippen LogP) is 2.52. The van der Waals surface area contributed by atoms with Gasteiger partial charge in [0.05, 0.1) is 5.83 Å². The molecule has 7 heavy (non-hydrogen) atoms. The fourth-order valence-electron chi connectivity index (χ4n) is 0.221. The summed E-state index contributed by atoms with van der Waals surface area (Å²) in [4.78, 5) is 0. The minimum absolute atomic E-state index is 0.0417. The molecule has 0 N–H and O–H groups in total. The molecular formula is C6H11F. The third kappa shape index (κ3) is 2.38. The molecule has 0 aromatic carbocycles. The van der Waals surface area contributed by atoms with Crippen molar-refractivity contribution in [3.05, 3.63) is 12.4 Å². The zero-order valence-corrected chi connectivity index (χ0v) is 4.87. The zero-order valence-electron chi connectivity index (χ0n) is 4.87. The van der Waals surface area contributed by atoms with Crippen molar-refractivity contribution in [3.63, 3.8) is 0 Å². The van der Waals surface area contributed by atoms with Crippen LogP contribution in [0.4, 0.5) is 4.39 Å². The van der Waals surface area contributed by atoms with E-state index in [9.17, 15) is 4.39 Å². The van der Waals surface area contributed by atoms with E-state index in [4.69, 9.17) is 0 Å². The Labute approximate surface area is 44.0 Å². The van der Waals surface area contributed by atoms with Gasteiger partial charge in [0, 0.05) is 5.92 Å². The van der Waals surface area contributed by atoms with Crippen LogP contribution in [-0.2, 0) is 0 Å². The third-order valence-electron chi connectivity index (χ3n) is 1.15. The lowest BCUT2D eigenvalue weighted by Gasteiger charge is -1.99. The monoisotopic (exact) mass is 102 g/mol. The summed E-state index contributed by atoms with van der Waals surface area (Å²) in [5.41, 5.74) is 0. The minimum Gasteiger partial charge on any atom is -0.212 e. The lowest BCUT2D eigenvalue weighted by molar-refractivity contribution is 0.486. The molecule has 1 atom stereocenters. The highest BCUT2D eigenvalue weighted by Crippen LogP contribution is 2.11. The van der Waals surface area contributed by atoms with Crippen LogP contribution in [-0.4, -0.2) is 0 Å². The summed E-state index contributed by atoms with van der Waals surface area (Å²) in [5.74, 6) is -0.164. The van der Waals surface area contributed by atoms with Crippen molar-refractivity contribution in [1.82, 2.24) is 0 Å². The van der Waals surface area contributed by atoms with Gasteiger partial charge in [0.25, 0.3) is 0 Å². The second kappa shape index (κ2) is 2.78. The molecule has 0 aromatic rings. The lowest BCUT2D eigenvalue weighted by atomic mass is 10.1. The van der Waals surface area contributed by atoms with Crippen LogP contribution >= 0.6 is 0 Å². The van der Waals surface area contributed by atoms with Crippen LogP contribution in [0.15, 0.2) is 12.4 Å². The van der Waals surface area contributed by atoms with Gasteiger partial charge in [0.15, 0.2) is 0 Å². The topological polar surface area (TPSA) is 0 Å². The van der Waals surface area contributed by atoms with Crippen LogP contribution in [0.5, 0.6) is 0 Å². The van der Waals surface area contributed by atoms with Crippen molar-refractivity contribution < 1.29 is 4.39 Å². The molecule has 0 amide bonds. The van der Waals surface area contributed by atoms with Gasteiger partial charge in [-0.1, -0.05) is 20.4 Å². The first-order chi connectivity index (χ1) is 3.18. The van der Waals surface area contributed by atoms with E-state index in [-0.39, 0.29) is 11.7 Å². The zero-order chi connectivity index (χ0) is 5.86. The maximum absolute atomic E-state index is 11.9. The van der Waals surface area contributed by atoms with Crippen molar-refractivity contribution in [2.75, 3.05) is 0 Å². The molecule has 0 bridgehead atoms. The van der Waals surface area contributed by atoms with Gasteiger partial charge in [-0.3, -0.25) is 0 Å². The summed E-state index contributed by atoms with van der Waals surface area (Å²) in [6.45, 7) is 6.92. The van der Waals surface area contributed by atoms with Crippen LogP contribution in [0.25, 0.3) is 0 Å². The molecule has 1 unspecified atom stereocenters. The quantitative estimate of drug-likeness (QED) is 0.502. The fourth-order valence-corrected chi connectivity index (χ4v) is 0.221. The first-order valence-electron chi connectivity index (χ1n) is 2.52. The first kappa shape index (κ1) is 6.67. The molecular weight excluding hydrogens is 91.1 g/mol. The van der Waals surface area contributed by atoms with Crippen LogP contribution in [0.3, 0.4) is 0 Å². The van der Waals surface area contributed by atoms with Gasteiger partial charge in [0.2, 0.25) is 0 Å². The Kier molecular flexibility index (Phi) is 2.65. The van der Waals surface area contributed by atoms with Gasteiger partial charge in [-0.05, 0) is 6.42 Å². The molecule has 0 radical (unpaired) electrons. The largest absolute Gasteiger partial charge is 0.212 e. The van der Waals surface area contributed by atoms with Crippen LogP contribution in [0.1, 0.15) is 20.3 Å². The summed E-state index contributed by atoms with van der Waals surface area (Å²) >= 11 is 0. The predicted molar refractivity (Wildman–Crippen MR) is 29.7 cm³/mol. The van der Waals surface area contributed by atoms with E-state index < -0.39 is 0 Å². The number of allylic oxidation sites excluding steroid dienone is 1. The number of rotatable bonds is 2. The van der Waals surface area contributed by atoms with Gasteiger partial charge in [-0.2, -0.15) is 0 Å². The average molecular weight is 102 g/mol. The lowest BCUT2D eigenvalue weighted by Crippen LogP contribution is -1.88. The number of hydrogen-bond donors (Lipinski definition) is 0.